The summed E-state index contributed by atoms with van der Waals surface area (Å²) >= 11 is 7.60. The molecule has 1 atom stereocenters. The van der Waals surface area contributed by atoms with Crippen molar-refractivity contribution < 1.29 is 4.39 Å². The van der Waals surface area contributed by atoms with Crippen LogP contribution in [0.2, 0.25) is 4.34 Å². The number of hydrogen-bond acceptors (Lipinski definition) is 2. The summed E-state index contributed by atoms with van der Waals surface area (Å²) in [6.07, 6.45) is 0.901. The number of nitrogens with one attached hydrogen (secondary N) is 1. The fraction of sp³-hybridized carbons (Fsp3) is 0.375. The normalized spacial score (nSPS) is 13.4. The summed E-state index contributed by atoms with van der Waals surface area (Å²) in [6.45, 7) is 4.35. The Kier molecular flexibility index (Phi) is 4.84. The Balaban J connectivity index is 2.22. The zero-order valence-electron chi connectivity index (χ0n) is 11.9. The van der Waals surface area contributed by atoms with Crippen molar-refractivity contribution in [3.05, 3.63) is 57.0 Å². The highest BCUT2D eigenvalue weighted by Crippen LogP contribution is 2.31. The van der Waals surface area contributed by atoms with E-state index in [1.807, 2.05) is 25.2 Å². The smallest absolute Gasteiger partial charge is 0.123 e. The molecule has 1 N–H and O–H groups in total. The number of rotatable bonds is 5. The molecule has 2 aromatic rings. The fourth-order valence-electron chi connectivity index (χ4n) is 2.46. The predicted octanol–water partition coefficient (Wildman–Crippen LogP) is 4.65. The van der Waals surface area contributed by atoms with Crippen LogP contribution >= 0.6 is 22.9 Å². The molecule has 0 saturated carbocycles. The molecule has 1 unspecified atom stereocenters. The number of halogens is 2. The van der Waals surface area contributed by atoms with E-state index in [4.69, 9.17) is 11.6 Å². The molecule has 20 heavy (non-hydrogen) atoms. The molecule has 2 rings (SSSR count). The van der Waals surface area contributed by atoms with Crippen LogP contribution < -0.4 is 5.32 Å². The molecule has 0 aliphatic rings. The molecule has 108 valence electrons. The van der Waals surface area contributed by atoms with Crippen molar-refractivity contribution in [1.29, 1.82) is 0 Å². The average Bonchev–Trinajstić information content (AvgIpc) is 2.82. The van der Waals surface area contributed by atoms with Gasteiger partial charge in [-0.2, -0.15) is 0 Å². The van der Waals surface area contributed by atoms with Crippen molar-refractivity contribution in [2.75, 3.05) is 7.05 Å². The lowest BCUT2D eigenvalue weighted by atomic mass is 9.76. The van der Waals surface area contributed by atoms with E-state index in [0.717, 1.165) is 16.3 Å². The minimum atomic E-state index is -0.199. The summed E-state index contributed by atoms with van der Waals surface area (Å²) in [5.74, 6) is -0.199. The van der Waals surface area contributed by atoms with Crippen LogP contribution in [0.1, 0.15) is 24.3 Å². The highest BCUT2D eigenvalue weighted by Gasteiger charge is 2.30. The standard InChI is InChI=1S/C16H19ClFNS/c1-16(2,11-4-6-12(18)7-5-11)14(19-3)10-13-8-9-15(17)20-13/h4-9,14,19H,10H2,1-3H3. The molecule has 0 bridgehead atoms. The molecular weight excluding hydrogens is 293 g/mol. The van der Waals surface area contributed by atoms with Crippen molar-refractivity contribution in [3.8, 4) is 0 Å². The van der Waals surface area contributed by atoms with Gasteiger partial charge in [0.05, 0.1) is 4.34 Å². The maximum atomic E-state index is 13.1. The molecule has 0 fully saturated rings. The molecule has 1 heterocycles. The van der Waals surface area contributed by atoms with Gasteiger partial charge in [-0.1, -0.05) is 37.6 Å². The summed E-state index contributed by atoms with van der Waals surface area (Å²) < 4.78 is 13.9. The third-order valence-corrected chi connectivity index (χ3v) is 5.10. The van der Waals surface area contributed by atoms with Gasteiger partial charge in [0.25, 0.3) is 0 Å². The Morgan fingerprint density at radius 3 is 2.35 bits per heavy atom. The number of likely N-dealkylation sites (N-methyl/N-ethyl adjacent to an activating group) is 1. The Labute approximate surface area is 128 Å². The van der Waals surface area contributed by atoms with Gasteiger partial charge in [-0.15, -0.1) is 11.3 Å². The third-order valence-electron chi connectivity index (χ3n) is 3.84. The van der Waals surface area contributed by atoms with Crippen molar-refractivity contribution in [3.63, 3.8) is 0 Å². The first-order chi connectivity index (χ1) is 9.43. The van der Waals surface area contributed by atoms with Crippen molar-refractivity contribution in [2.45, 2.75) is 31.7 Å². The predicted molar refractivity (Wildman–Crippen MR) is 85.3 cm³/mol. The monoisotopic (exact) mass is 311 g/mol. The van der Waals surface area contributed by atoms with E-state index >= 15 is 0 Å². The van der Waals surface area contributed by atoms with E-state index in [0.29, 0.717) is 0 Å². The van der Waals surface area contributed by atoms with Crippen molar-refractivity contribution in [1.82, 2.24) is 5.32 Å². The lowest BCUT2D eigenvalue weighted by Crippen LogP contribution is -2.44. The van der Waals surface area contributed by atoms with Gasteiger partial charge in [0, 0.05) is 16.3 Å². The topological polar surface area (TPSA) is 12.0 Å². The van der Waals surface area contributed by atoms with E-state index in [1.54, 1.807) is 11.3 Å². The van der Waals surface area contributed by atoms with Crippen LogP contribution in [0, 0.1) is 5.82 Å². The SMILES string of the molecule is CNC(Cc1ccc(Cl)s1)C(C)(C)c1ccc(F)cc1. The summed E-state index contributed by atoms with van der Waals surface area (Å²) in [5, 5.41) is 3.38. The second-order valence-electron chi connectivity index (χ2n) is 5.48. The van der Waals surface area contributed by atoms with Crippen LogP contribution in [0.5, 0.6) is 0 Å². The molecule has 1 aromatic carbocycles. The first kappa shape index (κ1) is 15.5. The number of benzene rings is 1. The van der Waals surface area contributed by atoms with Gasteiger partial charge < -0.3 is 5.32 Å². The third kappa shape index (κ3) is 3.40. The van der Waals surface area contributed by atoms with Gasteiger partial charge in [-0.25, -0.2) is 4.39 Å². The minimum absolute atomic E-state index is 0.0983. The van der Waals surface area contributed by atoms with E-state index < -0.39 is 0 Å². The lowest BCUT2D eigenvalue weighted by Gasteiger charge is -2.34. The Morgan fingerprint density at radius 1 is 1.20 bits per heavy atom. The van der Waals surface area contributed by atoms with Crippen molar-refractivity contribution in [2.24, 2.45) is 0 Å². The van der Waals surface area contributed by atoms with Crippen molar-refractivity contribution >= 4 is 22.9 Å². The highest BCUT2D eigenvalue weighted by atomic mass is 35.5. The maximum Gasteiger partial charge on any atom is 0.123 e. The minimum Gasteiger partial charge on any atom is -0.316 e. The van der Waals surface area contributed by atoms with Crippen LogP contribution in [0.3, 0.4) is 0 Å². The van der Waals surface area contributed by atoms with E-state index in [1.165, 1.54) is 17.0 Å². The van der Waals surface area contributed by atoms with Crippen LogP contribution in [0.15, 0.2) is 36.4 Å². The summed E-state index contributed by atoms with van der Waals surface area (Å²) in [5.41, 5.74) is 1.03. The number of hydrogen-bond donors (Lipinski definition) is 1. The molecule has 1 nitrogen and oxygen atoms in total. The molecule has 4 heteroatoms. The quantitative estimate of drug-likeness (QED) is 0.847. The fourth-order valence-corrected chi connectivity index (χ4v) is 3.59. The Bertz CT molecular complexity index is 562. The molecule has 0 radical (unpaired) electrons. The zero-order chi connectivity index (χ0) is 14.8. The number of thiophene rings is 1. The lowest BCUT2D eigenvalue weighted by molar-refractivity contribution is 0.358. The molecule has 0 saturated heterocycles. The van der Waals surface area contributed by atoms with Crippen LogP contribution in [0.25, 0.3) is 0 Å². The van der Waals surface area contributed by atoms with Gasteiger partial charge in [-0.3, -0.25) is 0 Å². The molecule has 0 aliphatic heterocycles. The summed E-state index contributed by atoms with van der Waals surface area (Å²) in [4.78, 5) is 1.25. The second-order valence-corrected chi connectivity index (χ2v) is 7.28. The first-order valence-electron chi connectivity index (χ1n) is 6.61. The maximum absolute atomic E-state index is 13.1. The molecule has 0 aliphatic carbocycles. The van der Waals surface area contributed by atoms with Crippen LogP contribution in [0.4, 0.5) is 4.39 Å². The molecule has 0 spiro atoms. The van der Waals surface area contributed by atoms with E-state index in [9.17, 15) is 4.39 Å². The molecular formula is C16H19ClFNS. The van der Waals surface area contributed by atoms with Crippen LogP contribution in [-0.2, 0) is 11.8 Å². The van der Waals surface area contributed by atoms with Gasteiger partial charge >= 0.3 is 0 Å². The van der Waals surface area contributed by atoms with Gasteiger partial charge in [-0.05, 0) is 43.3 Å². The highest BCUT2D eigenvalue weighted by molar-refractivity contribution is 7.16. The summed E-state index contributed by atoms with van der Waals surface area (Å²) in [7, 11) is 1.96. The largest absolute Gasteiger partial charge is 0.316 e. The second kappa shape index (κ2) is 6.25. The first-order valence-corrected chi connectivity index (χ1v) is 7.80. The molecule has 0 amide bonds. The van der Waals surface area contributed by atoms with E-state index in [2.05, 4.69) is 25.2 Å². The van der Waals surface area contributed by atoms with Gasteiger partial charge in [0.15, 0.2) is 0 Å². The van der Waals surface area contributed by atoms with E-state index in [-0.39, 0.29) is 17.3 Å². The van der Waals surface area contributed by atoms with Crippen LogP contribution in [-0.4, -0.2) is 13.1 Å². The molecule has 1 aromatic heterocycles. The van der Waals surface area contributed by atoms with Gasteiger partial charge in [0.2, 0.25) is 0 Å². The summed E-state index contributed by atoms with van der Waals surface area (Å²) in [6, 6.07) is 11.0. The van der Waals surface area contributed by atoms with Gasteiger partial charge in [0.1, 0.15) is 5.82 Å². The zero-order valence-corrected chi connectivity index (χ0v) is 13.5. The average molecular weight is 312 g/mol. The Morgan fingerprint density at radius 2 is 1.85 bits per heavy atom. The Hall–Kier alpha value is -0.900.